The summed E-state index contributed by atoms with van der Waals surface area (Å²) in [6.07, 6.45) is 1.70. The van der Waals surface area contributed by atoms with Gasteiger partial charge in [-0.2, -0.15) is 0 Å². The van der Waals surface area contributed by atoms with Crippen molar-refractivity contribution < 1.29 is 19.2 Å². The van der Waals surface area contributed by atoms with Crippen molar-refractivity contribution in [2.75, 3.05) is 12.9 Å². The minimum Gasteiger partial charge on any atom is -0.452 e. The molecule has 0 spiro atoms. The molecule has 9 heteroatoms. The maximum atomic E-state index is 12.1. The van der Waals surface area contributed by atoms with Crippen LogP contribution in [0.4, 0.5) is 5.69 Å². The molecule has 0 aliphatic heterocycles. The fourth-order valence-corrected chi connectivity index (χ4v) is 3.06. The third-order valence-electron chi connectivity index (χ3n) is 3.67. The van der Waals surface area contributed by atoms with Gasteiger partial charge in [0.15, 0.2) is 6.61 Å². The molecule has 2 aromatic carbocycles. The number of halogens is 1. The van der Waals surface area contributed by atoms with Gasteiger partial charge < -0.3 is 10.1 Å². The number of thioether (sulfide) groups is 1. The minimum atomic E-state index is -0.809. The monoisotopic (exact) mass is 408 g/mol. The highest BCUT2D eigenvalue weighted by Crippen LogP contribution is 2.28. The van der Waals surface area contributed by atoms with Crippen molar-refractivity contribution in [2.45, 2.75) is 17.9 Å². The molecule has 2 aromatic rings. The molecular formula is C18H17ClN2O5S. The van der Waals surface area contributed by atoms with Crippen LogP contribution < -0.4 is 5.32 Å². The van der Waals surface area contributed by atoms with Gasteiger partial charge in [0, 0.05) is 11.1 Å². The summed E-state index contributed by atoms with van der Waals surface area (Å²) in [6.45, 7) is 1.28. The number of amides is 1. The molecule has 0 unspecified atom stereocenters. The number of hydrogen-bond acceptors (Lipinski definition) is 6. The van der Waals surface area contributed by atoms with Crippen molar-refractivity contribution >= 4 is 40.9 Å². The highest BCUT2D eigenvalue weighted by molar-refractivity contribution is 7.98. The third-order valence-corrected chi connectivity index (χ3v) is 4.69. The number of hydrogen-bond donors (Lipinski definition) is 1. The Balaban J connectivity index is 1.96. The molecule has 1 N–H and O–H groups in total. The van der Waals surface area contributed by atoms with E-state index < -0.39 is 23.4 Å². The zero-order valence-electron chi connectivity index (χ0n) is 14.6. The van der Waals surface area contributed by atoms with Gasteiger partial charge >= 0.3 is 5.97 Å². The first-order chi connectivity index (χ1) is 12.8. The number of ether oxygens (including phenoxy) is 1. The van der Waals surface area contributed by atoms with Crippen molar-refractivity contribution in [1.82, 2.24) is 5.32 Å². The summed E-state index contributed by atoms with van der Waals surface area (Å²) >= 11 is 7.12. The molecule has 0 radical (unpaired) electrons. The quantitative estimate of drug-likeness (QED) is 0.321. The number of nitrogens with one attached hydrogen (secondary N) is 1. The Hall–Kier alpha value is -2.58. The molecule has 0 saturated carbocycles. The van der Waals surface area contributed by atoms with Gasteiger partial charge in [0.2, 0.25) is 0 Å². The van der Waals surface area contributed by atoms with Crippen LogP contribution in [0.5, 0.6) is 0 Å². The van der Waals surface area contributed by atoms with Gasteiger partial charge in [0.25, 0.3) is 11.6 Å². The maximum absolute atomic E-state index is 12.1. The number of rotatable bonds is 7. The molecule has 0 aliphatic rings. The van der Waals surface area contributed by atoms with Crippen molar-refractivity contribution in [3.05, 3.63) is 68.7 Å². The Morgan fingerprint density at radius 3 is 2.67 bits per heavy atom. The molecule has 142 valence electrons. The van der Waals surface area contributed by atoms with Crippen molar-refractivity contribution in [2.24, 2.45) is 0 Å². The predicted octanol–water partition coefficient (Wildman–Crippen LogP) is 4.00. The molecule has 1 amide bonds. The standard InChI is InChI=1S/C18H17ClN2O5S/c1-11(12-4-3-5-14(19)8-12)20-17(22)10-26-18(23)13-6-7-16(27-2)15(9-13)21(24)25/h3-9,11H,10H2,1-2H3,(H,20,22)/t11-/m1/s1. The van der Waals surface area contributed by atoms with Crippen LogP contribution in [0.15, 0.2) is 47.4 Å². The summed E-state index contributed by atoms with van der Waals surface area (Å²) < 4.78 is 4.95. The van der Waals surface area contributed by atoms with E-state index in [-0.39, 0.29) is 17.3 Å². The SMILES string of the molecule is CSc1ccc(C(=O)OCC(=O)N[C@H](C)c2cccc(Cl)c2)cc1[N+](=O)[O-]. The van der Waals surface area contributed by atoms with Crippen LogP contribution in [0.3, 0.4) is 0 Å². The highest BCUT2D eigenvalue weighted by Gasteiger charge is 2.19. The summed E-state index contributed by atoms with van der Waals surface area (Å²) in [4.78, 5) is 35.0. The number of nitro benzene ring substituents is 1. The van der Waals surface area contributed by atoms with Gasteiger partial charge in [-0.05, 0) is 43.0 Å². The molecule has 1 atom stereocenters. The second-order valence-electron chi connectivity index (χ2n) is 5.56. The number of nitrogens with zero attached hydrogens (tertiary/aromatic N) is 1. The van der Waals surface area contributed by atoms with Gasteiger partial charge in [0.05, 0.1) is 21.4 Å². The topological polar surface area (TPSA) is 98.5 Å². The normalized spacial score (nSPS) is 11.5. The first kappa shape index (κ1) is 20.7. The minimum absolute atomic E-state index is 0.00943. The van der Waals surface area contributed by atoms with E-state index in [0.29, 0.717) is 9.92 Å². The average molecular weight is 409 g/mol. The van der Waals surface area contributed by atoms with E-state index in [0.717, 1.165) is 11.6 Å². The summed E-state index contributed by atoms with van der Waals surface area (Å²) in [5.74, 6) is -1.30. The first-order valence-electron chi connectivity index (χ1n) is 7.86. The van der Waals surface area contributed by atoms with E-state index in [1.807, 2.05) is 6.07 Å². The number of esters is 1. The molecule has 0 saturated heterocycles. The van der Waals surface area contributed by atoms with Crippen LogP contribution in [-0.4, -0.2) is 29.7 Å². The van der Waals surface area contributed by atoms with Gasteiger partial charge in [-0.25, -0.2) is 4.79 Å². The largest absolute Gasteiger partial charge is 0.452 e. The Bertz CT molecular complexity index is 875. The lowest BCUT2D eigenvalue weighted by atomic mass is 10.1. The lowest BCUT2D eigenvalue weighted by molar-refractivity contribution is -0.387. The Morgan fingerprint density at radius 1 is 1.30 bits per heavy atom. The van der Waals surface area contributed by atoms with Gasteiger partial charge in [-0.3, -0.25) is 14.9 Å². The van der Waals surface area contributed by atoms with Crippen LogP contribution in [0, 0.1) is 10.1 Å². The molecule has 0 heterocycles. The summed E-state index contributed by atoms with van der Waals surface area (Å²) in [5.41, 5.74) is 0.636. The van der Waals surface area contributed by atoms with Crippen molar-refractivity contribution in [3.63, 3.8) is 0 Å². The highest BCUT2D eigenvalue weighted by atomic mass is 35.5. The summed E-state index contributed by atoms with van der Waals surface area (Å²) in [7, 11) is 0. The fraction of sp³-hybridized carbons (Fsp3) is 0.222. The third kappa shape index (κ3) is 5.70. The summed E-state index contributed by atoms with van der Waals surface area (Å²) in [6, 6.07) is 10.8. The molecule has 2 rings (SSSR count). The molecule has 27 heavy (non-hydrogen) atoms. The molecule has 0 aliphatic carbocycles. The van der Waals surface area contributed by atoms with Crippen molar-refractivity contribution in [3.8, 4) is 0 Å². The van der Waals surface area contributed by atoms with E-state index in [1.54, 1.807) is 31.4 Å². The van der Waals surface area contributed by atoms with Crippen LogP contribution >= 0.6 is 23.4 Å². The Kier molecular flexibility index (Phi) is 7.20. The average Bonchev–Trinajstić information content (AvgIpc) is 2.65. The van der Waals surface area contributed by atoms with E-state index in [2.05, 4.69) is 5.32 Å². The number of benzene rings is 2. The molecular weight excluding hydrogens is 392 g/mol. The lowest BCUT2D eigenvalue weighted by Crippen LogP contribution is -2.31. The van der Waals surface area contributed by atoms with E-state index in [1.165, 1.54) is 23.9 Å². The summed E-state index contributed by atoms with van der Waals surface area (Å²) in [5, 5.41) is 14.3. The van der Waals surface area contributed by atoms with Crippen LogP contribution in [-0.2, 0) is 9.53 Å². The van der Waals surface area contributed by atoms with Gasteiger partial charge in [-0.1, -0.05) is 23.7 Å². The van der Waals surface area contributed by atoms with Gasteiger partial charge in [-0.15, -0.1) is 11.8 Å². The Labute approximate surface area is 165 Å². The fourth-order valence-electron chi connectivity index (χ4n) is 2.32. The predicted molar refractivity (Wildman–Crippen MR) is 103 cm³/mol. The second kappa shape index (κ2) is 9.38. The molecule has 7 nitrogen and oxygen atoms in total. The zero-order valence-corrected chi connectivity index (χ0v) is 16.2. The number of nitro groups is 1. The van der Waals surface area contributed by atoms with E-state index in [9.17, 15) is 19.7 Å². The van der Waals surface area contributed by atoms with Crippen LogP contribution in [0.25, 0.3) is 0 Å². The molecule has 0 aromatic heterocycles. The zero-order chi connectivity index (χ0) is 20.0. The van der Waals surface area contributed by atoms with Crippen LogP contribution in [0.1, 0.15) is 28.9 Å². The van der Waals surface area contributed by atoms with Gasteiger partial charge in [0.1, 0.15) is 0 Å². The molecule has 0 bridgehead atoms. The number of carbonyl (C=O) groups excluding carboxylic acids is 2. The number of carbonyl (C=O) groups is 2. The molecule has 0 fully saturated rings. The smallest absolute Gasteiger partial charge is 0.338 e. The first-order valence-corrected chi connectivity index (χ1v) is 9.46. The second-order valence-corrected chi connectivity index (χ2v) is 6.85. The Morgan fingerprint density at radius 2 is 2.04 bits per heavy atom. The van der Waals surface area contributed by atoms with E-state index >= 15 is 0 Å². The maximum Gasteiger partial charge on any atom is 0.338 e. The van der Waals surface area contributed by atoms with Crippen molar-refractivity contribution in [1.29, 1.82) is 0 Å². The lowest BCUT2D eigenvalue weighted by Gasteiger charge is -2.14. The van der Waals surface area contributed by atoms with Crippen LogP contribution in [0.2, 0.25) is 5.02 Å². The van der Waals surface area contributed by atoms with E-state index in [4.69, 9.17) is 16.3 Å².